The van der Waals surface area contributed by atoms with E-state index in [2.05, 4.69) is 0 Å². The molecule has 0 aromatic rings. The number of ether oxygens (including phenoxy) is 1. The largest absolute Gasteiger partial charge is 0.458 e. The number of rotatable bonds is 1. The lowest BCUT2D eigenvalue weighted by Gasteiger charge is -2.18. The Morgan fingerprint density at radius 2 is 2.45 bits per heavy atom. The molecule has 2 heteroatoms. The average Bonchev–Trinajstić information content (AvgIpc) is 2.46. The third-order valence-corrected chi connectivity index (χ3v) is 1.98. The van der Waals surface area contributed by atoms with Crippen molar-refractivity contribution in [2.75, 3.05) is 0 Å². The van der Waals surface area contributed by atoms with Crippen LogP contribution in [0.5, 0.6) is 0 Å². The van der Waals surface area contributed by atoms with Crippen molar-refractivity contribution in [3.05, 3.63) is 35.6 Å². The monoisotopic (exact) mass is 150 g/mol. The third kappa shape index (κ3) is 0.906. The second-order valence-corrected chi connectivity index (χ2v) is 2.79. The molecule has 0 radical (unpaired) electrons. The van der Waals surface area contributed by atoms with Crippen LogP contribution in [0.4, 0.5) is 0 Å². The summed E-state index contributed by atoms with van der Waals surface area (Å²) in [6.07, 6.45) is 8.04. The van der Waals surface area contributed by atoms with E-state index in [0.29, 0.717) is 6.42 Å². The Bertz CT molecular complexity index is 273. The van der Waals surface area contributed by atoms with Crippen LogP contribution < -0.4 is 0 Å². The predicted octanol–water partition coefficient (Wildman–Crippen LogP) is 1.50. The van der Waals surface area contributed by atoms with Crippen molar-refractivity contribution in [3.63, 3.8) is 0 Å². The van der Waals surface area contributed by atoms with Gasteiger partial charge in [0.25, 0.3) is 0 Å². The molecule has 0 saturated heterocycles. The van der Waals surface area contributed by atoms with E-state index in [1.165, 1.54) is 0 Å². The normalized spacial score (nSPS) is 32.9. The molecule has 2 aliphatic rings. The van der Waals surface area contributed by atoms with Crippen LogP contribution in [0.1, 0.15) is 13.3 Å². The topological polar surface area (TPSA) is 29.5 Å². The predicted molar refractivity (Wildman–Crippen MR) is 41.6 cm³/mol. The summed E-state index contributed by atoms with van der Waals surface area (Å²) in [4.78, 5) is 0. The van der Waals surface area contributed by atoms with Crippen molar-refractivity contribution in [3.8, 4) is 0 Å². The molecule has 0 aromatic heterocycles. The fourth-order valence-electron chi connectivity index (χ4n) is 1.27. The Kier molecular flexibility index (Phi) is 1.20. The van der Waals surface area contributed by atoms with Crippen molar-refractivity contribution in [2.24, 2.45) is 0 Å². The molecule has 0 aromatic carbocycles. The van der Waals surface area contributed by atoms with E-state index in [9.17, 15) is 5.11 Å². The highest BCUT2D eigenvalue weighted by molar-refractivity contribution is 5.49. The SMILES string of the molecule is CCC1(O)C=C2C=CC=C2O1. The van der Waals surface area contributed by atoms with Gasteiger partial charge in [-0.25, -0.2) is 0 Å². The highest BCUT2D eigenvalue weighted by Crippen LogP contribution is 2.35. The molecule has 1 N–H and O–H groups in total. The smallest absolute Gasteiger partial charge is 0.228 e. The molecule has 1 unspecified atom stereocenters. The molecule has 58 valence electrons. The van der Waals surface area contributed by atoms with Gasteiger partial charge in [0, 0.05) is 12.0 Å². The van der Waals surface area contributed by atoms with Gasteiger partial charge in [0.2, 0.25) is 5.79 Å². The number of hydrogen-bond acceptors (Lipinski definition) is 2. The zero-order valence-electron chi connectivity index (χ0n) is 6.37. The van der Waals surface area contributed by atoms with Gasteiger partial charge in [-0.05, 0) is 12.2 Å². The second kappa shape index (κ2) is 1.98. The zero-order valence-corrected chi connectivity index (χ0v) is 6.37. The summed E-state index contributed by atoms with van der Waals surface area (Å²) < 4.78 is 5.28. The Morgan fingerprint density at radius 3 is 3.09 bits per heavy atom. The second-order valence-electron chi connectivity index (χ2n) is 2.79. The molecule has 11 heavy (non-hydrogen) atoms. The van der Waals surface area contributed by atoms with Gasteiger partial charge in [-0.3, -0.25) is 0 Å². The molecule has 0 saturated carbocycles. The quantitative estimate of drug-likeness (QED) is 0.613. The van der Waals surface area contributed by atoms with Gasteiger partial charge in [0.1, 0.15) is 5.76 Å². The first-order valence-corrected chi connectivity index (χ1v) is 3.76. The fraction of sp³-hybridized carbons (Fsp3) is 0.333. The van der Waals surface area contributed by atoms with Gasteiger partial charge in [0.05, 0.1) is 0 Å². The van der Waals surface area contributed by atoms with Crippen LogP contribution in [-0.2, 0) is 4.74 Å². The number of allylic oxidation sites excluding steroid dienone is 3. The van der Waals surface area contributed by atoms with E-state index < -0.39 is 5.79 Å². The highest BCUT2D eigenvalue weighted by atomic mass is 16.6. The molecule has 1 aliphatic heterocycles. The summed E-state index contributed by atoms with van der Waals surface area (Å²) in [5.74, 6) is -0.263. The molecule has 0 fully saturated rings. The lowest BCUT2D eigenvalue weighted by Crippen LogP contribution is -2.24. The van der Waals surface area contributed by atoms with Crippen LogP contribution in [0.15, 0.2) is 35.6 Å². The molecule has 0 amide bonds. The molecule has 0 bridgehead atoms. The lowest BCUT2D eigenvalue weighted by atomic mass is 10.1. The maximum absolute atomic E-state index is 9.63. The molecule has 0 spiro atoms. The van der Waals surface area contributed by atoms with E-state index in [4.69, 9.17) is 4.74 Å². The van der Waals surface area contributed by atoms with Crippen LogP contribution in [-0.4, -0.2) is 10.9 Å². The standard InChI is InChI=1S/C9H10O2/c1-2-9(10)6-7-4-3-5-8(7)11-9/h3-6,10H,2H2,1H3. The van der Waals surface area contributed by atoms with Crippen molar-refractivity contribution < 1.29 is 9.84 Å². The summed E-state index contributed by atoms with van der Waals surface area (Å²) in [6, 6.07) is 0. The Balaban J connectivity index is 2.33. The molecule has 1 heterocycles. The van der Waals surface area contributed by atoms with Crippen LogP contribution in [0.25, 0.3) is 0 Å². The van der Waals surface area contributed by atoms with Crippen LogP contribution in [0.3, 0.4) is 0 Å². The molecule has 1 aliphatic carbocycles. The van der Waals surface area contributed by atoms with E-state index in [1.807, 2.05) is 25.2 Å². The Labute approximate surface area is 65.5 Å². The van der Waals surface area contributed by atoms with E-state index in [1.54, 1.807) is 6.08 Å². The van der Waals surface area contributed by atoms with Crippen molar-refractivity contribution >= 4 is 0 Å². The van der Waals surface area contributed by atoms with Crippen molar-refractivity contribution in [2.45, 2.75) is 19.1 Å². The average molecular weight is 150 g/mol. The Morgan fingerprint density at radius 1 is 1.64 bits per heavy atom. The summed E-state index contributed by atoms with van der Waals surface area (Å²) in [5, 5.41) is 9.63. The number of hydrogen-bond donors (Lipinski definition) is 1. The lowest BCUT2D eigenvalue weighted by molar-refractivity contribution is -0.125. The van der Waals surface area contributed by atoms with Crippen LogP contribution >= 0.6 is 0 Å². The summed E-state index contributed by atoms with van der Waals surface area (Å²) in [7, 11) is 0. The summed E-state index contributed by atoms with van der Waals surface area (Å²) >= 11 is 0. The third-order valence-electron chi connectivity index (χ3n) is 1.98. The summed E-state index contributed by atoms with van der Waals surface area (Å²) in [6.45, 7) is 1.89. The maximum Gasteiger partial charge on any atom is 0.228 e. The fourth-order valence-corrected chi connectivity index (χ4v) is 1.27. The number of fused-ring (bicyclic) bond motifs is 1. The van der Waals surface area contributed by atoms with Gasteiger partial charge < -0.3 is 9.84 Å². The van der Waals surface area contributed by atoms with Gasteiger partial charge >= 0.3 is 0 Å². The van der Waals surface area contributed by atoms with Gasteiger partial charge in [-0.1, -0.05) is 19.1 Å². The minimum Gasteiger partial charge on any atom is -0.458 e. The molecule has 2 nitrogen and oxygen atoms in total. The van der Waals surface area contributed by atoms with Gasteiger partial charge in [-0.2, -0.15) is 0 Å². The van der Waals surface area contributed by atoms with Crippen LogP contribution in [0, 0.1) is 0 Å². The molecular weight excluding hydrogens is 140 g/mol. The van der Waals surface area contributed by atoms with Gasteiger partial charge in [-0.15, -0.1) is 0 Å². The first kappa shape index (κ1) is 6.68. The minimum atomic E-state index is -1.05. The van der Waals surface area contributed by atoms with Crippen molar-refractivity contribution in [1.29, 1.82) is 0 Å². The Hall–Kier alpha value is -1.02. The molecule has 2 rings (SSSR count). The summed E-state index contributed by atoms with van der Waals surface area (Å²) in [5.41, 5.74) is 0.995. The number of aliphatic hydroxyl groups is 1. The van der Waals surface area contributed by atoms with E-state index in [0.717, 1.165) is 11.3 Å². The first-order chi connectivity index (χ1) is 5.23. The maximum atomic E-state index is 9.63. The molecule has 1 atom stereocenters. The first-order valence-electron chi connectivity index (χ1n) is 3.76. The van der Waals surface area contributed by atoms with Gasteiger partial charge in [0.15, 0.2) is 0 Å². The van der Waals surface area contributed by atoms with Crippen LogP contribution in [0.2, 0.25) is 0 Å². The van der Waals surface area contributed by atoms with E-state index in [-0.39, 0.29) is 0 Å². The van der Waals surface area contributed by atoms with E-state index >= 15 is 0 Å². The zero-order chi connectivity index (χ0) is 7.90. The minimum absolute atomic E-state index is 0.585. The van der Waals surface area contributed by atoms with Crippen molar-refractivity contribution in [1.82, 2.24) is 0 Å². The molecular formula is C9H10O2. The highest BCUT2D eigenvalue weighted by Gasteiger charge is 2.33.